The number of benzene rings is 2. The maximum Gasteiger partial charge on any atom is 0.317 e. The highest BCUT2D eigenvalue weighted by Crippen LogP contribution is 2.34. The van der Waals surface area contributed by atoms with Crippen molar-refractivity contribution in [2.45, 2.75) is 19.5 Å². The third-order valence-electron chi connectivity index (χ3n) is 4.66. The highest BCUT2D eigenvalue weighted by Gasteiger charge is 2.18. The Morgan fingerprint density at radius 2 is 2.00 bits per heavy atom. The molecule has 0 saturated heterocycles. The first kappa shape index (κ1) is 17.9. The van der Waals surface area contributed by atoms with E-state index in [1.807, 2.05) is 61.7 Å². The Hall–Kier alpha value is -3.48. The number of para-hydroxylation sites is 1. The number of urea groups is 1. The normalized spacial score (nSPS) is 13.2. The van der Waals surface area contributed by atoms with E-state index in [1.54, 1.807) is 22.8 Å². The maximum absolute atomic E-state index is 12.6. The Labute approximate surface area is 163 Å². The van der Waals surface area contributed by atoms with Crippen LogP contribution >= 0.6 is 0 Å². The summed E-state index contributed by atoms with van der Waals surface area (Å²) in [5.74, 6) is 1.44. The van der Waals surface area contributed by atoms with Crippen LogP contribution in [-0.2, 0) is 6.54 Å². The molecule has 0 saturated carbocycles. The molecule has 0 spiro atoms. The minimum Gasteiger partial charge on any atom is -0.454 e. The van der Waals surface area contributed by atoms with Gasteiger partial charge in [-0.2, -0.15) is 5.10 Å². The SMILES string of the molecule is CC(NC(=O)N(C)Cc1cnn(-c2ccccc2)c1)c1ccc2c(c1)OCO2. The second-order valence-electron chi connectivity index (χ2n) is 6.77. The molecule has 1 aliphatic rings. The van der Waals surface area contributed by atoms with E-state index in [2.05, 4.69) is 10.4 Å². The minimum absolute atomic E-state index is 0.155. The Balaban J connectivity index is 1.36. The molecule has 0 aliphatic carbocycles. The van der Waals surface area contributed by atoms with Crippen molar-refractivity contribution in [3.8, 4) is 17.2 Å². The zero-order chi connectivity index (χ0) is 19.5. The highest BCUT2D eigenvalue weighted by molar-refractivity contribution is 5.74. The number of nitrogens with zero attached hydrogens (tertiary/aromatic N) is 3. The molecule has 1 N–H and O–H groups in total. The van der Waals surface area contributed by atoms with Gasteiger partial charge in [-0.3, -0.25) is 0 Å². The zero-order valence-corrected chi connectivity index (χ0v) is 15.8. The van der Waals surface area contributed by atoms with E-state index in [4.69, 9.17) is 9.47 Å². The monoisotopic (exact) mass is 378 g/mol. The second kappa shape index (κ2) is 7.64. The first-order chi connectivity index (χ1) is 13.6. The van der Waals surface area contributed by atoms with Gasteiger partial charge in [-0.1, -0.05) is 24.3 Å². The van der Waals surface area contributed by atoms with Gasteiger partial charge in [-0.25, -0.2) is 9.48 Å². The molecule has 144 valence electrons. The maximum atomic E-state index is 12.6. The highest BCUT2D eigenvalue weighted by atomic mass is 16.7. The number of ether oxygens (including phenoxy) is 2. The summed E-state index contributed by atoms with van der Waals surface area (Å²) >= 11 is 0. The zero-order valence-electron chi connectivity index (χ0n) is 15.8. The molecule has 7 heteroatoms. The summed E-state index contributed by atoms with van der Waals surface area (Å²) in [7, 11) is 1.77. The largest absolute Gasteiger partial charge is 0.454 e. The van der Waals surface area contributed by atoms with E-state index in [-0.39, 0.29) is 18.9 Å². The third kappa shape index (κ3) is 3.78. The van der Waals surface area contributed by atoms with Crippen molar-refractivity contribution < 1.29 is 14.3 Å². The van der Waals surface area contributed by atoms with Gasteiger partial charge in [0, 0.05) is 18.8 Å². The third-order valence-corrected chi connectivity index (χ3v) is 4.66. The Kier molecular flexibility index (Phi) is 4.89. The summed E-state index contributed by atoms with van der Waals surface area (Å²) in [6.07, 6.45) is 3.71. The number of hydrogen-bond donors (Lipinski definition) is 1. The molecule has 28 heavy (non-hydrogen) atoms. The van der Waals surface area contributed by atoms with E-state index in [0.717, 1.165) is 22.6 Å². The van der Waals surface area contributed by atoms with Gasteiger partial charge >= 0.3 is 6.03 Å². The van der Waals surface area contributed by atoms with Crippen LogP contribution in [0, 0.1) is 0 Å². The van der Waals surface area contributed by atoms with Gasteiger partial charge in [0.2, 0.25) is 6.79 Å². The van der Waals surface area contributed by atoms with Crippen LogP contribution in [0.4, 0.5) is 4.79 Å². The number of rotatable bonds is 5. The van der Waals surface area contributed by atoms with Crippen LogP contribution in [0.3, 0.4) is 0 Å². The van der Waals surface area contributed by atoms with E-state index in [1.165, 1.54) is 0 Å². The topological polar surface area (TPSA) is 68.6 Å². The van der Waals surface area contributed by atoms with Crippen molar-refractivity contribution >= 4 is 6.03 Å². The van der Waals surface area contributed by atoms with Crippen molar-refractivity contribution in [1.82, 2.24) is 20.0 Å². The molecule has 1 aromatic heterocycles. The van der Waals surface area contributed by atoms with Crippen molar-refractivity contribution in [2.75, 3.05) is 13.8 Å². The number of nitrogens with one attached hydrogen (secondary N) is 1. The van der Waals surface area contributed by atoms with Crippen LogP contribution in [0.15, 0.2) is 60.9 Å². The van der Waals surface area contributed by atoms with Crippen molar-refractivity contribution in [2.24, 2.45) is 0 Å². The summed E-state index contributed by atoms with van der Waals surface area (Å²) in [5, 5.41) is 7.38. The lowest BCUT2D eigenvalue weighted by Gasteiger charge is -2.21. The molecule has 0 fully saturated rings. The van der Waals surface area contributed by atoms with Crippen LogP contribution < -0.4 is 14.8 Å². The molecule has 0 bridgehead atoms. The summed E-state index contributed by atoms with van der Waals surface area (Å²) in [4.78, 5) is 14.2. The Bertz CT molecular complexity index is 971. The van der Waals surface area contributed by atoms with Crippen LogP contribution in [0.25, 0.3) is 5.69 Å². The van der Waals surface area contributed by atoms with Gasteiger partial charge in [0.25, 0.3) is 0 Å². The molecule has 0 radical (unpaired) electrons. The molecule has 2 aromatic carbocycles. The van der Waals surface area contributed by atoms with E-state index in [0.29, 0.717) is 12.3 Å². The molecule has 1 aliphatic heterocycles. The van der Waals surface area contributed by atoms with Gasteiger partial charge in [-0.15, -0.1) is 0 Å². The number of carbonyl (C=O) groups is 1. The van der Waals surface area contributed by atoms with E-state index < -0.39 is 0 Å². The van der Waals surface area contributed by atoms with Gasteiger partial charge in [0.15, 0.2) is 11.5 Å². The summed E-state index contributed by atoms with van der Waals surface area (Å²) in [6.45, 7) is 2.64. The fourth-order valence-corrected chi connectivity index (χ4v) is 3.07. The molecule has 2 amide bonds. The molecular weight excluding hydrogens is 356 g/mol. The Morgan fingerprint density at radius 1 is 1.21 bits per heavy atom. The summed E-state index contributed by atoms with van der Waals surface area (Å²) in [5.41, 5.74) is 2.90. The molecule has 3 aromatic rings. The number of carbonyl (C=O) groups excluding carboxylic acids is 1. The summed E-state index contributed by atoms with van der Waals surface area (Å²) in [6, 6.07) is 15.3. The summed E-state index contributed by atoms with van der Waals surface area (Å²) < 4.78 is 12.5. The van der Waals surface area contributed by atoms with Gasteiger partial charge < -0.3 is 19.7 Å². The predicted molar refractivity (Wildman–Crippen MR) is 105 cm³/mol. The smallest absolute Gasteiger partial charge is 0.317 e. The molecular formula is C21H22N4O3. The quantitative estimate of drug-likeness (QED) is 0.738. The van der Waals surface area contributed by atoms with Gasteiger partial charge in [0.1, 0.15) is 0 Å². The van der Waals surface area contributed by atoms with E-state index in [9.17, 15) is 4.79 Å². The lowest BCUT2D eigenvalue weighted by molar-refractivity contribution is 0.174. The van der Waals surface area contributed by atoms with Gasteiger partial charge in [0.05, 0.1) is 24.5 Å². The second-order valence-corrected chi connectivity index (χ2v) is 6.77. The fourth-order valence-electron chi connectivity index (χ4n) is 3.07. The average molecular weight is 378 g/mol. The lowest BCUT2D eigenvalue weighted by Crippen LogP contribution is -2.38. The number of aromatic nitrogens is 2. The first-order valence-electron chi connectivity index (χ1n) is 9.10. The lowest BCUT2D eigenvalue weighted by atomic mass is 10.1. The minimum atomic E-state index is -0.156. The van der Waals surface area contributed by atoms with Crippen LogP contribution in [0.2, 0.25) is 0 Å². The van der Waals surface area contributed by atoms with Crippen molar-refractivity contribution in [1.29, 1.82) is 0 Å². The van der Waals surface area contributed by atoms with Gasteiger partial charge in [-0.05, 0) is 36.8 Å². The van der Waals surface area contributed by atoms with Crippen LogP contribution in [-0.4, -0.2) is 34.6 Å². The number of fused-ring (bicyclic) bond motifs is 1. The molecule has 7 nitrogen and oxygen atoms in total. The number of hydrogen-bond acceptors (Lipinski definition) is 4. The van der Waals surface area contributed by atoms with Crippen molar-refractivity contribution in [3.05, 3.63) is 72.1 Å². The average Bonchev–Trinajstić information content (AvgIpc) is 3.37. The van der Waals surface area contributed by atoms with Crippen LogP contribution in [0.5, 0.6) is 11.5 Å². The Morgan fingerprint density at radius 3 is 2.82 bits per heavy atom. The number of amides is 2. The fraction of sp³-hybridized carbons (Fsp3) is 0.238. The predicted octanol–water partition coefficient (Wildman–Crippen LogP) is 3.50. The molecule has 1 unspecified atom stereocenters. The standard InChI is InChI=1S/C21H22N4O3/c1-15(17-8-9-19-20(10-17)28-14-27-19)23-21(26)24(2)12-16-11-22-25(13-16)18-6-4-3-5-7-18/h3-11,13,15H,12,14H2,1-2H3,(H,23,26). The van der Waals surface area contributed by atoms with Crippen LogP contribution in [0.1, 0.15) is 24.1 Å². The first-order valence-corrected chi connectivity index (χ1v) is 9.10. The van der Waals surface area contributed by atoms with Crippen molar-refractivity contribution in [3.63, 3.8) is 0 Å². The molecule has 4 rings (SSSR count). The van der Waals surface area contributed by atoms with E-state index >= 15 is 0 Å². The molecule has 2 heterocycles. The molecule has 1 atom stereocenters.